The van der Waals surface area contributed by atoms with Crippen LogP contribution in [0.2, 0.25) is 0 Å². The van der Waals surface area contributed by atoms with Crippen molar-refractivity contribution in [3.05, 3.63) is 0 Å². The number of methoxy groups -OCH3 is 1. The first-order valence-electron chi connectivity index (χ1n) is 6.04. The van der Waals surface area contributed by atoms with Crippen LogP contribution in [-0.4, -0.2) is 55.9 Å². The third kappa shape index (κ3) is 6.61. The highest BCUT2D eigenvalue weighted by Crippen LogP contribution is 2.13. The summed E-state index contributed by atoms with van der Waals surface area (Å²) in [5.74, 6) is 0.274. The van der Waals surface area contributed by atoms with Crippen LogP contribution in [0.1, 0.15) is 20.3 Å². The van der Waals surface area contributed by atoms with Crippen LogP contribution in [0.5, 0.6) is 0 Å². The number of likely N-dealkylation sites (N-methyl/N-ethyl adjacent to an activating group) is 1. The second kappa shape index (κ2) is 8.44. The van der Waals surface area contributed by atoms with Crippen LogP contribution in [-0.2, 0) is 9.53 Å². The van der Waals surface area contributed by atoms with E-state index in [9.17, 15) is 9.90 Å². The van der Waals surface area contributed by atoms with E-state index >= 15 is 0 Å². The molecule has 0 heterocycles. The van der Waals surface area contributed by atoms with Crippen molar-refractivity contribution in [3.8, 4) is 0 Å². The molecule has 0 radical (unpaired) electrons. The van der Waals surface area contributed by atoms with Gasteiger partial charge in [-0.3, -0.25) is 4.79 Å². The Labute approximate surface area is 104 Å². The zero-order valence-electron chi connectivity index (χ0n) is 11.3. The number of amides is 1. The molecule has 0 aromatic rings. The molecule has 0 aliphatic rings. The Kier molecular flexibility index (Phi) is 8.12. The van der Waals surface area contributed by atoms with E-state index in [4.69, 9.17) is 10.5 Å². The third-order valence-electron chi connectivity index (χ3n) is 2.61. The van der Waals surface area contributed by atoms with Gasteiger partial charge in [0.15, 0.2) is 0 Å². The fourth-order valence-electron chi connectivity index (χ4n) is 1.83. The molecule has 1 amide bonds. The normalized spacial score (nSPS) is 14.8. The molecule has 0 aliphatic carbocycles. The average molecular weight is 246 g/mol. The van der Waals surface area contributed by atoms with E-state index in [0.717, 1.165) is 6.42 Å². The van der Waals surface area contributed by atoms with Crippen molar-refractivity contribution in [2.75, 3.05) is 33.9 Å². The van der Waals surface area contributed by atoms with Crippen LogP contribution < -0.4 is 5.73 Å². The molecule has 0 fully saturated rings. The molecule has 2 unspecified atom stereocenters. The monoisotopic (exact) mass is 246 g/mol. The molecule has 0 aliphatic heterocycles. The number of aliphatic hydroxyl groups excluding tert-OH is 1. The SMILES string of the molecule is COCC(O)CN(C)C(=O)C(CN)CC(C)C. The zero-order chi connectivity index (χ0) is 13.4. The van der Waals surface area contributed by atoms with E-state index < -0.39 is 6.10 Å². The van der Waals surface area contributed by atoms with E-state index in [1.807, 2.05) is 0 Å². The van der Waals surface area contributed by atoms with Crippen LogP contribution in [0.4, 0.5) is 0 Å². The van der Waals surface area contributed by atoms with E-state index in [1.54, 1.807) is 7.05 Å². The lowest BCUT2D eigenvalue weighted by Crippen LogP contribution is -2.42. The second-order valence-electron chi connectivity index (χ2n) is 4.89. The van der Waals surface area contributed by atoms with Crippen molar-refractivity contribution in [2.45, 2.75) is 26.4 Å². The Hall–Kier alpha value is -0.650. The maximum absolute atomic E-state index is 12.0. The van der Waals surface area contributed by atoms with E-state index in [0.29, 0.717) is 12.5 Å². The Morgan fingerprint density at radius 3 is 2.47 bits per heavy atom. The highest BCUT2D eigenvalue weighted by molar-refractivity contribution is 5.78. The lowest BCUT2D eigenvalue weighted by molar-refractivity contribution is -0.136. The van der Waals surface area contributed by atoms with Gasteiger partial charge in [-0.25, -0.2) is 0 Å². The molecule has 102 valence electrons. The molecule has 3 N–H and O–H groups in total. The van der Waals surface area contributed by atoms with Gasteiger partial charge in [0.05, 0.1) is 18.6 Å². The van der Waals surface area contributed by atoms with Crippen molar-refractivity contribution >= 4 is 5.91 Å². The smallest absolute Gasteiger partial charge is 0.226 e. The van der Waals surface area contributed by atoms with Gasteiger partial charge < -0.3 is 20.5 Å². The van der Waals surface area contributed by atoms with Gasteiger partial charge in [0.2, 0.25) is 5.91 Å². The number of carbonyl (C=O) groups is 1. The van der Waals surface area contributed by atoms with E-state index in [-0.39, 0.29) is 25.0 Å². The molecule has 0 aromatic heterocycles. The number of nitrogens with zero attached hydrogens (tertiary/aromatic N) is 1. The third-order valence-corrected chi connectivity index (χ3v) is 2.61. The number of hydrogen-bond acceptors (Lipinski definition) is 4. The minimum atomic E-state index is -0.647. The lowest BCUT2D eigenvalue weighted by atomic mass is 9.96. The van der Waals surface area contributed by atoms with Gasteiger partial charge in [-0.05, 0) is 12.3 Å². The van der Waals surface area contributed by atoms with Gasteiger partial charge in [0.25, 0.3) is 0 Å². The Balaban J connectivity index is 4.25. The quantitative estimate of drug-likeness (QED) is 0.635. The van der Waals surface area contributed by atoms with Crippen LogP contribution in [0.25, 0.3) is 0 Å². The van der Waals surface area contributed by atoms with Gasteiger partial charge in [-0.15, -0.1) is 0 Å². The second-order valence-corrected chi connectivity index (χ2v) is 4.89. The zero-order valence-corrected chi connectivity index (χ0v) is 11.3. The van der Waals surface area contributed by atoms with Crippen molar-refractivity contribution in [1.29, 1.82) is 0 Å². The molecule has 0 bridgehead atoms. The molecular formula is C12H26N2O3. The Morgan fingerprint density at radius 2 is 2.06 bits per heavy atom. The summed E-state index contributed by atoms with van der Waals surface area (Å²) in [5, 5.41) is 9.55. The summed E-state index contributed by atoms with van der Waals surface area (Å²) in [4.78, 5) is 13.6. The fourth-order valence-corrected chi connectivity index (χ4v) is 1.83. The van der Waals surface area contributed by atoms with E-state index in [2.05, 4.69) is 13.8 Å². The summed E-state index contributed by atoms with van der Waals surface area (Å²) in [6.45, 7) is 4.99. The first kappa shape index (κ1) is 16.4. The standard InChI is InChI=1S/C12H26N2O3/c1-9(2)5-10(6-13)12(16)14(3)7-11(15)8-17-4/h9-11,15H,5-8,13H2,1-4H3. The number of rotatable bonds is 8. The minimum Gasteiger partial charge on any atom is -0.389 e. The lowest BCUT2D eigenvalue weighted by Gasteiger charge is -2.25. The largest absolute Gasteiger partial charge is 0.389 e. The molecule has 17 heavy (non-hydrogen) atoms. The van der Waals surface area contributed by atoms with E-state index in [1.165, 1.54) is 12.0 Å². The molecule has 2 atom stereocenters. The molecule has 0 saturated heterocycles. The molecule has 0 spiro atoms. The summed E-state index contributed by atoms with van der Waals surface area (Å²) in [6.07, 6.45) is 0.131. The topological polar surface area (TPSA) is 75.8 Å². The summed E-state index contributed by atoms with van der Waals surface area (Å²) < 4.78 is 4.82. The molecule has 0 saturated carbocycles. The summed E-state index contributed by atoms with van der Waals surface area (Å²) >= 11 is 0. The minimum absolute atomic E-state index is 0.00338. The first-order chi connectivity index (χ1) is 7.92. The molecule has 5 nitrogen and oxygen atoms in total. The highest BCUT2D eigenvalue weighted by atomic mass is 16.5. The summed E-state index contributed by atoms with van der Waals surface area (Å²) in [6, 6.07) is 0. The van der Waals surface area contributed by atoms with Gasteiger partial charge in [0.1, 0.15) is 0 Å². The number of ether oxygens (including phenoxy) is 1. The maximum atomic E-state index is 12.0. The summed E-state index contributed by atoms with van der Waals surface area (Å²) in [7, 11) is 3.21. The molecular weight excluding hydrogens is 220 g/mol. The number of aliphatic hydroxyl groups is 1. The first-order valence-corrected chi connectivity index (χ1v) is 6.04. The predicted octanol–water partition coefficient (Wildman–Crippen LogP) is 0.0731. The van der Waals surface area contributed by atoms with Crippen molar-refractivity contribution in [3.63, 3.8) is 0 Å². The van der Waals surface area contributed by atoms with Gasteiger partial charge in [-0.1, -0.05) is 13.8 Å². The number of nitrogens with two attached hydrogens (primary N) is 1. The van der Waals surface area contributed by atoms with Crippen LogP contribution in [0.3, 0.4) is 0 Å². The van der Waals surface area contributed by atoms with Crippen molar-refractivity contribution < 1.29 is 14.6 Å². The molecule has 5 heteroatoms. The molecule has 0 rings (SSSR count). The Morgan fingerprint density at radius 1 is 1.47 bits per heavy atom. The van der Waals surface area contributed by atoms with Gasteiger partial charge in [0, 0.05) is 27.2 Å². The van der Waals surface area contributed by atoms with Gasteiger partial charge in [-0.2, -0.15) is 0 Å². The highest BCUT2D eigenvalue weighted by Gasteiger charge is 2.23. The van der Waals surface area contributed by atoms with Crippen molar-refractivity contribution in [2.24, 2.45) is 17.6 Å². The van der Waals surface area contributed by atoms with Crippen LogP contribution in [0.15, 0.2) is 0 Å². The number of carbonyl (C=O) groups excluding carboxylic acids is 1. The molecule has 0 aromatic carbocycles. The average Bonchev–Trinajstić information content (AvgIpc) is 2.24. The fraction of sp³-hybridized carbons (Fsp3) is 0.917. The van der Waals surface area contributed by atoms with Crippen LogP contribution >= 0.6 is 0 Å². The number of hydrogen-bond donors (Lipinski definition) is 2. The maximum Gasteiger partial charge on any atom is 0.226 e. The predicted molar refractivity (Wildman–Crippen MR) is 67.5 cm³/mol. The Bertz CT molecular complexity index is 222. The van der Waals surface area contributed by atoms with Crippen molar-refractivity contribution in [1.82, 2.24) is 4.90 Å². The van der Waals surface area contributed by atoms with Gasteiger partial charge >= 0.3 is 0 Å². The summed E-state index contributed by atoms with van der Waals surface area (Å²) in [5.41, 5.74) is 5.61. The van der Waals surface area contributed by atoms with Crippen LogP contribution in [0, 0.1) is 11.8 Å².